The molecule has 0 bridgehead atoms. The number of alkyl halides is 1. The van der Waals surface area contributed by atoms with Crippen molar-refractivity contribution >= 4 is 15.9 Å². The Morgan fingerprint density at radius 2 is 2.00 bits per heavy atom. The van der Waals surface area contributed by atoms with Crippen LogP contribution in [0.5, 0.6) is 0 Å². The van der Waals surface area contributed by atoms with Crippen molar-refractivity contribution < 1.29 is 8.78 Å². The second-order valence-corrected chi connectivity index (χ2v) is 3.05. The van der Waals surface area contributed by atoms with Crippen molar-refractivity contribution in [3.63, 3.8) is 0 Å². The van der Waals surface area contributed by atoms with E-state index in [4.69, 9.17) is 5.73 Å². The van der Waals surface area contributed by atoms with Gasteiger partial charge in [0.1, 0.15) is 11.6 Å². The molecule has 0 radical (unpaired) electrons. The molecule has 2 N–H and O–H groups in total. The minimum Gasteiger partial charge on any atom is -0.315 e. The van der Waals surface area contributed by atoms with Crippen LogP contribution < -0.4 is 5.73 Å². The first-order valence-corrected chi connectivity index (χ1v) is 3.87. The largest absolute Gasteiger partial charge is 0.315 e. The van der Waals surface area contributed by atoms with Crippen LogP contribution in [0.15, 0.2) is 18.2 Å². The molecule has 1 aromatic rings. The lowest BCUT2D eigenvalue weighted by atomic mass is 10.2. The first kappa shape index (κ1) is 8.62. The van der Waals surface area contributed by atoms with Gasteiger partial charge in [-0.25, -0.2) is 8.78 Å². The summed E-state index contributed by atoms with van der Waals surface area (Å²) in [5.41, 5.74) is 5.42. The van der Waals surface area contributed by atoms with Gasteiger partial charge >= 0.3 is 0 Å². The minimum absolute atomic E-state index is 0.130. The smallest absolute Gasteiger partial charge is 0.129 e. The first-order valence-electron chi connectivity index (χ1n) is 2.96. The summed E-state index contributed by atoms with van der Waals surface area (Å²) in [7, 11) is 0. The number of hydrogen-bond acceptors (Lipinski definition) is 1. The van der Waals surface area contributed by atoms with Crippen molar-refractivity contribution in [2.24, 2.45) is 5.73 Å². The molecule has 1 unspecified atom stereocenters. The van der Waals surface area contributed by atoms with Gasteiger partial charge in [-0.3, -0.25) is 0 Å². The zero-order valence-corrected chi connectivity index (χ0v) is 7.11. The summed E-state index contributed by atoms with van der Waals surface area (Å²) in [5.74, 6) is -0.993. The third-order valence-electron chi connectivity index (χ3n) is 1.26. The van der Waals surface area contributed by atoms with Crippen molar-refractivity contribution in [3.8, 4) is 0 Å². The van der Waals surface area contributed by atoms with Gasteiger partial charge in [-0.1, -0.05) is 15.9 Å². The van der Waals surface area contributed by atoms with Crippen molar-refractivity contribution in [2.75, 3.05) is 0 Å². The Hall–Kier alpha value is -0.480. The Bertz CT molecular complexity index is 263. The van der Waals surface area contributed by atoms with Crippen molar-refractivity contribution in [1.29, 1.82) is 0 Å². The molecule has 1 nitrogen and oxygen atoms in total. The molecule has 0 spiro atoms. The third-order valence-corrected chi connectivity index (χ3v) is 1.75. The fourth-order valence-electron chi connectivity index (χ4n) is 0.726. The Morgan fingerprint density at radius 3 is 2.45 bits per heavy atom. The van der Waals surface area contributed by atoms with Gasteiger partial charge in [0.2, 0.25) is 0 Å². The summed E-state index contributed by atoms with van der Waals surface area (Å²) in [6, 6.07) is 3.16. The normalized spacial score (nSPS) is 13.1. The quantitative estimate of drug-likeness (QED) is 0.572. The van der Waals surface area contributed by atoms with Crippen LogP contribution in [0.25, 0.3) is 0 Å². The van der Waals surface area contributed by atoms with Crippen molar-refractivity contribution in [3.05, 3.63) is 35.4 Å². The molecule has 0 amide bonds. The van der Waals surface area contributed by atoms with Crippen LogP contribution >= 0.6 is 15.9 Å². The molecule has 0 aliphatic carbocycles. The van der Waals surface area contributed by atoms with Crippen LogP contribution in [-0.4, -0.2) is 0 Å². The van der Waals surface area contributed by atoms with E-state index >= 15 is 0 Å². The van der Waals surface area contributed by atoms with Crippen LogP contribution in [0.3, 0.4) is 0 Å². The predicted octanol–water partition coefficient (Wildman–Crippen LogP) is 2.32. The maximum Gasteiger partial charge on any atom is 0.129 e. The second kappa shape index (κ2) is 3.28. The van der Waals surface area contributed by atoms with E-state index < -0.39 is 16.6 Å². The average molecular weight is 222 g/mol. The van der Waals surface area contributed by atoms with E-state index in [1.807, 2.05) is 0 Å². The lowest BCUT2D eigenvalue weighted by molar-refractivity contribution is 0.585. The summed E-state index contributed by atoms with van der Waals surface area (Å²) >= 11 is 2.94. The summed E-state index contributed by atoms with van der Waals surface area (Å²) in [6.07, 6.45) is 0. The highest BCUT2D eigenvalue weighted by molar-refractivity contribution is 9.09. The fourth-order valence-corrected chi connectivity index (χ4v) is 1.08. The van der Waals surface area contributed by atoms with Gasteiger partial charge in [0.05, 0.1) is 4.95 Å². The van der Waals surface area contributed by atoms with Crippen LogP contribution in [0.4, 0.5) is 8.78 Å². The lowest BCUT2D eigenvalue weighted by Crippen LogP contribution is -2.04. The van der Waals surface area contributed by atoms with Gasteiger partial charge in [-0.2, -0.15) is 0 Å². The Kier molecular flexibility index (Phi) is 2.57. The highest BCUT2D eigenvalue weighted by Crippen LogP contribution is 2.20. The van der Waals surface area contributed by atoms with Gasteiger partial charge in [-0.15, -0.1) is 0 Å². The summed E-state index contributed by atoms with van der Waals surface area (Å²) < 4.78 is 25.2. The molecule has 11 heavy (non-hydrogen) atoms. The molecule has 1 aromatic carbocycles. The topological polar surface area (TPSA) is 26.0 Å². The molecule has 1 rings (SSSR count). The van der Waals surface area contributed by atoms with E-state index in [1.165, 1.54) is 0 Å². The highest BCUT2D eigenvalue weighted by atomic mass is 79.9. The first-order chi connectivity index (χ1) is 5.11. The maximum absolute atomic E-state index is 12.7. The standard InChI is InChI=1S/C7H6BrF2N/c8-7(11)5-3-4(9)1-2-6(5)10/h1-3,7H,11H2. The molecule has 0 fully saturated rings. The zero-order chi connectivity index (χ0) is 8.43. The van der Waals surface area contributed by atoms with E-state index in [9.17, 15) is 8.78 Å². The molecular weight excluding hydrogens is 216 g/mol. The van der Waals surface area contributed by atoms with Gasteiger partial charge in [0.25, 0.3) is 0 Å². The SMILES string of the molecule is NC(Br)c1cc(F)ccc1F. The van der Waals surface area contributed by atoms with Gasteiger partial charge < -0.3 is 5.73 Å². The van der Waals surface area contributed by atoms with Gasteiger partial charge in [0, 0.05) is 5.56 Å². The van der Waals surface area contributed by atoms with E-state index in [2.05, 4.69) is 15.9 Å². The molecule has 60 valence electrons. The molecule has 0 aliphatic rings. The summed E-state index contributed by atoms with van der Waals surface area (Å²) in [6.45, 7) is 0. The zero-order valence-electron chi connectivity index (χ0n) is 5.52. The van der Waals surface area contributed by atoms with Crippen LogP contribution in [0, 0.1) is 11.6 Å². The summed E-state index contributed by atoms with van der Waals surface area (Å²) in [4.78, 5) is -0.654. The van der Waals surface area contributed by atoms with Gasteiger partial charge in [-0.05, 0) is 18.2 Å². The van der Waals surface area contributed by atoms with Crippen LogP contribution in [-0.2, 0) is 0 Å². The number of rotatable bonds is 1. The van der Waals surface area contributed by atoms with E-state index in [0.717, 1.165) is 18.2 Å². The lowest BCUT2D eigenvalue weighted by Gasteiger charge is -2.04. The number of halogens is 3. The maximum atomic E-state index is 12.7. The molecule has 0 heterocycles. The molecule has 0 aromatic heterocycles. The Morgan fingerprint density at radius 1 is 1.36 bits per heavy atom. The van der Waals surface area contributed by atoms with Crippen LogP contribution in [0.2, 0.25) is 0 Å². The monoisotopic (exact) mass is 221 g/mol. The van der Waals surface area contributed by atoms with Gasteiger partial charge in [0.15, 0.2) is 0 Å². The van der Waals surface area contributed by atoms with E-state index in [-0.39, 0.29) is 5.56 Å². The third kappa shape index (κ3) is 1.97. The Labute approximate surface area is 71.3 Å². The minimum atomic E-state index is -0.654. The number of benzene rings is 1. The molecule has 0 saturated heterocycles. The number of nitrogens with two attached hydrogens (primary N) is 1. The Balaban J connectivity index is 3.13. The molecule has 0 saturated carbocycles. The second-order valence-electron chi connectivity index (χ2n) is 2.07. The average Bonchev–Trinajstić information content (AvgIpc) is 1.94. The van der Waals surface area contributed by atoms with E-state index in [1.54, 1.807) is 0 Å². The molecular formula is C7H6BrF2N. The molecule has 4 heteroatoms. The highest BCUT2D eigenvalue weighted by Gasteiger charge is 2.08. The van der Waals surface area contributed by atoms with Crippen molar-refractivity contribution in [1.82, 2.24) is 0 Å². The van der Waals surface area contributed by atoms with Crippen LogP contribution in [0.1, 0.15) is 10.5 Å². The van der Waals surface area contributed by atoms with E-state index in [0.29, 0.717) is 0 Å². The number of hydrogen-bond donors (Lipinski definition) is 1. The summed E-state index contributed by atoms with van der Waals surface area (Å²) in [5, 5.41) is 0. The fraction of sp³-hybridized carbons (Fsp3) is 0.143. The molecule has 1 atom stereocenters. The van der Waals surface area contributed by atoms with Crippen molar-refractivity contribution in [2.45, 2.75) is 4.95 Å². The predicted molar refractivity (Wildman–Crippen MR) is 42.2 cm³/mol. The molecule has 0 aliphatic heterocycles.